The summed E-state index contributed by atoms with van der Waals surface area (Å²) in [6, 6.07) is 12.0. The number of benzene rings is 1. The molecule has 0 aromatic heterocycles. The molecule has 0 atom stereocenters. The largest absolute Gasteiger partial charge is 0.466 e. The SMILES string of the molecule is CCOC(=O)CCOCC(COCCC(=O)OCC)(COCCC(=O)OCC)NC(=O)OCC.c1ccccc1. The standard InChI is InChI=1S/C22H39NO11.C6H6/c1-5-31-18(24)9-12-28-15-22(23-21(27)34-8-4,16-29-13-10-19(25)32-6-2)17-30-14-11-20(26)33-7-3;1-2-4-6-5-3-1/h5-17H2,1-4H3,(H,23,27);1-6H. The average molecular weight is 572 g/mol. The number of nitrogens with one attached hydrogen (secondary N) is 1. The van der Waals surface area contributed by atoms with E-state index in [4.69, 9.17) is 33.2 Å². The zero-order valence-corrected chi connectivity index (χ0v) is 24.1. The van der Waals surface area contributed by atoms with Gasteiger partial charge in [-0.1, -0.05) is 36.4 Å². The lowest BCUT2D eigenvalue weighted by atomic mass is 10.0. The molecule has 0 unspecified atom stereocenters. The van der Waals surface area contributed by atoms with E-state index in [0.29, 0.717) is 0 Å². The van der Waals surface area contributed by atoms with E-state index < -0.39 is 29.5 Å². The third-order valence-corrected chi connectivity index (χ3v) is 4.71. The van der Waals surface area contributed by atoms with Gasteiger partial charge in [0.2, 0.25) is 0 Å². The minimum Gasteiger partial charge on any atom is -0.466 e. The summed E-state index contributed by atoms with van der Waals surface area (Å²) in [6.07, 6.45) is -0.649. The van der Waals surface area contributed by atoms with Gasteiger partial charge in [-0.2, -0.15) is 0 Å². The van der Waals surface area contributed by atoms with E-state index >= 15 is 0 Å². The van der Waals surface area contributed by atoms with Crippen molar-refractivity contribution < 1.29 is 52.3 Å². The van der Waals surface area contributed by atoms with Crippen LogP contribution in [-0.2, 0) is 47.5 Å². The molecule has 0 spiro atoms. The molecule has 0 aliphatic carbocycles. The fourth-order valence-corrected chi connectivity index (χ4v) is 2.97. The van der Waals surface area contributed by atoms with Crippen molar-refractivity contribution in [1.29, 1.82) is 0 Å². The number of hydrogen-bond acceptors (Lipinski definition) is 11. The molecule has 0 heterocycles. The topological polar surface area (TPSA) is 145 Å². The number of carbonyl (C=O) groups is 4. The molecule has 1 aromatic rings. The molecule has 1 amide bonds. The highest BCUT2D eigenvalue weighted by molar-refractivity contribution is 5.70. The van der Waals surface area contributed by atoms with E-state index in [-0.39, 0.29) is 85.3 Å². The number of esters is 3. The zero-order chi connectivity index (χ0) is 29.9. The van der Waals surface area contributed by atoms with Gasteiger partial charge >= 0.3 is 24.0 Å². The van der Waals surface area contributed by atoms with Crippen LogP contribution >= 0.6 is 0 Å². The highest BCUT2D eigenvalue weighted by Gasteiger charge is 2.34. The Morgan fingerprint density at radius 2 is 0.825 bits per heavy atom. The second-order valence-corrected chi connectivity index (χ2v) is 8.10. The molecule has 0 radical (unpaired) electrons. The van der Waals surface area contributed by atoms with Crippen LogP contribution in [0.25, 0.3) is 0 Å². The molecule has 1 aromatic carbocycles. The first-order valence-electron chi connectivity index (χ1n) is 13.5. The van der Waals surface area contributed by atoms with Gasteiger partial charge in [0.1, 0.15) is 5.54 Å². The van der Waals surface area contributed by atoms with Crippen LogP contribution in [0.2, 0.25) is 0 Å². The van der Waals surface area contributed by atoms with Gasteiger partial charge in [0.25, 0.3) is 0 Å². The van der Waals surface area contributed by atoms with Crippen molar-refractivity contribution >= 4 is 24.0 Å². The van der Waals surface area contributed by atoms with Crippen LogP contribution in [0.4, 0.5) is 4.79 Å². The fraction of sp³-hybridized carbons (Fsp3) is 0.643. The summed E-state index contributed by atoms with van der Waals surface area (Å²) in [5.74, 6) is -1.24. The van der Waals surface area contributed by atoms with Crippen molar-refractivity contribution in [2.45, 2.75) is 52.5 Å². The van der Waals surface area contributed by atoms with Crippen LogP contribution in [0, 0.1) is 0 Å². The van der Waals surface area contributed by atoms with Crippen molar-refractivity contribution in [3.63, 3.8) is 0 Å². The predicted octanol–water partition coefficient (Wildman–Crippen LogP) is 3.07. The van der Waals surface area contributed by atoms with E-state index in [1.165, 1.54) is 0 Å². The summed E-state index contributed by atoms with van der Waals surface area (Å²) in [5.41, 5.74) is -1.22. The van der Waals surface area contributed by atoms with E-state index in [9.17, 15) is 19.2 Å². The third kappa shape index (κ3) is 20.7. The zero-order valence-electron chi connectivity index (χ0n) is 24.1. The lowest BCUT2D eigenvalue weighted by Crippen LogP contribution is -2.58. The highest BCUT2D eigenvalue weighted by atomic mass is 16.6. The molecule has 12 nitrogen and oxygen atoms in total. The maximum absolute atomic E-state index is 12.2. The van der Waals surface area contributed by atoms with Gasteiger partial charge in [0.05, 0.1) is 85.3 Å². The van der Waals surface area contributed by atoms with Gasteiger partial charge in [-0.05, 0) is 27.7 Å². The lowest BCUT2D eigenvalue weighted by molar-refractivity contribution is -0.145. The van der Waals surface area contributed by atoms with Crippen LogP contribution in [-0.4, -0.2) is 95.6 Å². The fourth-order valence-electron chi connectivity index (χ4n) is 2.97. The first-order valence-corrected chi connectivity index (χ1v) is 13.5. The summed E-state index contributed by atoms with van der Waals surface area (Å²) in [5, 5.41) is 2.69. The van der Waals surface area contributed by atoms with Gasteiger partial charge in [0.15, 0.2) is 0 Å². The van der Waals surface area contributed by atoms with E-state index in [1.807, 2.05) is 36.4 Å². The second kappa shape index (κ2) is 24.8. The Labute approximate surface area is 236 Å². The summed E-state index contributed by atoms with van der Waals surface area (Å²) >= 11 is 0. The van der Waals surface area contributed by atoms with Gasteiger partial charge in [-0.15, -0.1) is 0 Å². The maximum Gasteiger partial charge on any atom is 0.407 e. The van der Waals surface area contributed by atoms with Gasteiger partial charge < -0.3 is 38.5 Å². The Morgan fingerprint density at radius 3 is 1.10 bits per heavy atom. The number of ether oxygens (including phenoxy) is 7. The number of alkyl carbamates (subject to hydrolysis) is 1. The normalized spacial score (nSPS) is 10.5. The van der Waals surface area contributed by atoms with E-state index in [0.717, 1.165) is 0 Å². The molecule has 40 heavy (non-hydrogen) atoms. The lowest BCUT2D eigenvalue weighted by Gasteiger charge is -2.33. The smallest absolute Gasteiger partial charge is 0.407 e. The van der Waals surface area contributed by atoms with Crippen molar-refractivity contribution in [3.05, 3.63) is 36.4 Å². The molecular formula is C28H45NO11. The molecule has 0 aliphatic rings. The molecule has 0 bridgehead atoms. The van der Waals surface area contributed by atoms with Crippen molar-refractivity contribution in [3.8, 4) is 0 Å². The Morgan fingerprint density at radius 1 is 0.525 bits per heavy atom. The molecule has 228 valence electrons. The molecular weight excluding hydrogens is 526 g/mol. The molecule has 1 rings (SSSR count). The van der Waals surface area contributed by atoms with Crippen LogP contribution in [0.15, 0.2) is 36.4 Å². The van der Waals surface area contributed by atoms with Crippen molar-refractivity contribution in [2.24, 2.45) is 0 Å². The van der Waals surface area contributed by atoms with Crippen LogP contribution < -0.4 is 5.32 Å². The molecule has 0 saturated carbocycles. The number of hydrogen-bond donors (Lipinski definition) is 1. The summed E-state index contributed by atoms with van der Waals surface area (Å²) in [7, 11) is 0. The minimum atomic E-state index is -1.22. The van der Waals surface area contributed by atoms with Crippen molar-refractivity contribution in [2.75, 3.05) is 66.1 Å². The van der Waals surface area contributed by atoms with Crippen LogP contribution in [0.3, 0.4) is 0 Å². The number of rotatable bonds is 20. The first kappa shape index (κ1) is 36.8. The molecule has 0 aliphatic heterocycles. The first-order chi connectivity index (χ1) is 19.3. The van der Waals surface area contributed by atoms with E-state index in [2.05, 4.69) is 5.32 Å². The summed E-state index contributed by atoms with van der Waals surface area (Å²) < 4.78 is 36.4. The monoisotopic (exact) mass is 571 g/mol. The van der Waals surface area contributed by atoms with Gasteiger partial charge in [-0.25, -0.2) is 4.79 Å². The van der Waals surface area contributed by atoms with Crippen LogP contribution in [0.1, 0.15) is 47.0 Å². The Hall–Kier alpha value is -3.22. The third-order valence-electron chi connectivity index (χ3n) is 4.71. The highest BCUT2D eigenvalue weighted by Crippen LogP contribution is 2.11. The molecule has 1 N–H and O–H groups in total. The van der Waals surface area contributed by atoms with E-state index in [1.54, 1.807) is 27.7 Å². The summed E-state index contributed by atoms with van der Waals surface area (Å²) in [6.45, 7) is 7.52. The Bertz CT molecular complexity index is 713. The quantitative estimate of drug-likeness (QED) is 0.140. The average Bonchev–Trinajstić information content (AvgIpc) is 2.93. The second-order valence-electron chi connectivity index (χ2n) is 8.10. The Kier molecular flexibility index (Phi) is 22.8. The van der Waals surface area contributed by atoms with Crippen molar-refractivity contribution in [1.82, 2.24) is 5.32 Å². The van der Waals surface area contributed by atoms with Crippen LogP contribution in [0.5, 0.6) is 0 Å². The Balaban J connectivity index is 0.00000221. The maximum atomic E-state index is 12.2. The van der Waals surface area contributed by atoms with Gasteiger partial charge in [-0.3, -0.25) is 14.4 Å². The molecule has 0 saturated heterocycles. The molecule has 0 fully saturated rings. The molecule has 12 heteroatoms. The summed E-state index contributed by atoms with van der Waals surface area (Å²) in [4.78, 5) is 46.9. The number of amides is 1. The van der Waals surface area contributed by atoms with Gasteiger partial charge in [0, 0.05) is 0 Å². The predicted molar refractivity (Wildman–Crippen MR) is 146 cm³/mol. The minimum absolute atomic E-state index is 0.0246. The number of carbonyl (C=O) groups excluding carboxylic acids is 4.